The monoisotopic (exact) mass is 266 g/mol. The number of rotatable bonds is 6. The van der Waals surface area contributed by atoms with Crippen LogP contribution in [0.2, 0.25) is 0 Å². The molecule has 0 spiro atoms. The van der Waals surface area contributed by atoms with E-state index in [0.29, 0.717) is 6.42 Å². The lowest BCUT2D eigenvalue weighted by Gasteiger charge is -2.21. The molecule has 0 radical (unpaired) electrons. The number of carbonyl (C=O) groups is 1. The van der Waals surface area contributed by atoms with Gasteiger partial charge < -0.3 is 14.9 Å². The molecule has 0 amide bonds. The Balaban J connectivity index is 2.42. The van der Waals surface area contributed by atoms with Crippen LogP contribution in [0.25, 0.3) is 0 Å². The van der Waals surface area contributed by atoms with Crippen LogP contribution in [-0.4, -0.2) is 27.9 Å². The summed E-state index contributed by atoms with van der Waals surface area (Å²) in [5, 5.41) is 17.7. The first-order valence-corrected chi connectivity index (χ1v) is 6.47. The Morgan fingerprint density at radius 3 is 2.32 bits per heavy atom. The van der Waals surface area contributed by atoms with Gasteiger partial charge in [-0.3, -0.25) is 0 Å². The first-order valence-electron chi connectivity index (χ1n) is 6.47. The highest BCUT2D eigenvalue weighted by molar-refractivity contribution is 5.71. The maximum Gasteiger partial charge on any atom is 0.332 e. The number of carboxylic acid groups (broad SMARTS) is 1. The molecule has 0 unspecified atom stereocenters. The average molecular weight is 266 g/mol. The summed E-state index contributed by atoms with van der Waals surface area (Å²) in [4.78, 5) is 10.5. The topological polar surface area (TPSA) is 66.8 Å². The van der Waals surface area contributed by atoms with Crippen LogP contribution in [0.4, 0.5) is 0 Å². The number of aliphatic carboxylic acids is 1. The van der Waals surface area contributed by atoms with Crippen LogP contribution in [0.15, 0.2) is 24.3 Å². The van der Waals surface area contributed by atoms with E-state index in [1.54, 1.807) is 0 Å². The maximum atomic E-state index is 10.5. The number of hydrogen-bond donors (Lipinski definition) is 2. The molecule has 1 rings (SSSR count). The molecule has 0 aliphatic carbocycles. The molecule has 1 atom stereocenters. The van der Waals surface area contributed by atoms with Crippen molar-refractivity contribution in [2.24, 2.45) is 0 Å². The minimum absolute atomic E-state index is 0.215. The van der Waals surface area contributed by atoms with Crippen LogP contribution in [0.5, 0.6) is 5.75 Å². The average Bonchev–Trinajstić information content (AvgIpc) is 2.29. The quantitative estimate of drug-likeness (QED) is 0.830. The molecule has 0 bridgehead atoms. The van der Waals surface area contributed by atoms with Crippen LogP contribution in [0.1, 0.15) is 39.2 Å². The highest BCUT2D eigenvalue weighted by Crippen LogP contribution is 2.19. The normalized spacial score (nSPS) is 13.1. The number of benzene rings is 1. The van der Waals surface area contributed by atoms with Crippen molar-refractivity contribution in [3.63, 3.8) is 0 Å². The number of ether oxygens (including phenoxy) is 1. The van der Waals surface area contributed by atoms with E-state index in [2.05, 4.69) is 0 Å². The van der Waals surface area contributed by atoms with Gasteiger partial charge in [-0.15, -0.1) is 0 Å². The van der Waals surface area contributed by atoms with Gasteiger partial charge in [0.15, 0.2) is 6.10 Å². The second kappa shape index (κ2) is 6.57. The number of aliphatic hydroxyl groups excluding tert-OH is 1. The van der Waals surface area contributed by atoms with E-state index < -0.39 is 12.1 Å². The molecule has 0 aliphatic rings. The Hall–Kier alpha value is -1.55. The third kappa shape index (κ3) is 6.25. The molecule has 1 aromatic rings. The van der Waals surface area contributed by atoms with Gasteiger partial charge >= 0.3 is 5.97 Å². The van der Waals surface area contributed by atoms with Crippen LogP contribution >= 0.6 is 0 Å². The zero-order chi connectivity index (χ0) is 14.5. The highest BCUT2D eigenvalue weighted by atomic mass is 16.5. The molecule has 2 N–H and O–H groups in total. The summed E-state index contributed by atoms with van der Waals surface area (Å²) >= 11 is 0. The molecule has 1 aromatic carbocycles. The van der Waals surface area contributed by atoms with Gasteiger partial charge in [0.2, 0.25) is 0 Å². The molecule has 19 heavy (non-hydrogen) atoms. The van der Waals surface area contributed by atoms with Crippen LogP contribution in [0.3, 0.4) is 0 Å². The molecule has 0 fully saturated rings. The SMILES string of the molecule is CC(C)(C)Oc1ccc(CCC[C@@H](O)C(=O)O)cc1. The predicted molar refractivity (Wildman–Crippen MR) is 73.4 cm³/mol. The molecule has 0 aliphatic heterocycles. The molecule has 4 heteroatoms. The van der Waals surface area contributed by atoms with Crippen molar-refractivity contribution in [2.75, 3.05) is 0 Å². The number of aryl methyl sites for hydroxylation is 1. The summed E-state index contributed by atoms with van der Waals surface area (Å²) < 4.78 is 5.71. The molecule has 0 heterocycles. The van der Waals surface area contributed by atoms with Gasteiger partial charge in [-0.2, -0.15) is 0 Å². The standard InChI is InChI=1S/C15H22O4/c1-15(2,3)19-12-9-7-11(8-10-12)5-4-6-13(16)14(17)18/h7-10,13,16H,4-6H2,1-3H3,(H,17,18)/t13-/m1/s1. The summed E-state index contributed by atoms with van der Waals surface area (Å²) in [7, 11) is 0. The first-order chi connectivity index (χ1) is 8.78. The van der Waals surface area contributed by atoms with Crippen molar-refractivity contribution in [3.05, 3.63) is 29.8 Å². The molecule has 4 nitrogen and oxygen atoms in total. The van der Waals surface area contributed by atoms with E-state index >= 15 is 0 Å². The highest BCUT2D eigenvalue weighted by Gasteiger charge is 2.13. The zero-order valence-electron chi connectivity index (χ0n) is 11.7. The van der Waals surface area contributed by atoms with E-state index in [1.807, 2.05) is 45.0 Å². The fourth-order valence-corrected chi connectivity index (χ4v) is 1.70. The lowest BCUT2D eigenvalue weighted by molar-refractivity contribution is -0.146. The zero-order valence-corrected chi connectivity index (χ0v) is 11.7. The molecule has 0 saturated carbocycles. The lowest BCUT2D eigenvalue weighted by Crippen LogP contribution is -2.22. The summed E-state index contributed by atoms with van der Waals surface area (Å²) in [6.07, 6.45) is 0.409. The number of carboxylic acids is 1. The largest absolute Gasteiger partial charge is 0.488 e. The fraction of sp³-hybridized carbons (Fsp3) is 0.533. The fourth-order valence-electron chi connectivity index (χ4n) is 1.70. The summed E-state index contributed by atoms with van der Waals surface area (Å²) in [6, 6.07) is 7.75. The maximum absolute atomic E-state index is 10.5. The van der Waals surface area contributed by atoms with Crippen molar-refractivity contribution in [1.29, 1.82) is 0 Å². The van der Waals surface area contributed by atoms with Crippen molar-refractivity contribution < 1.29 is 19.7 Å². The number of aliphatic hydroxyl groups is 1. The Bertz CT molecular complexity index is 403. The van der Waals surface area contributed by atoms with Gasteiger partial charge in [0.05, 0.1) is 0 Å². The van der Waals surface area contributed by atoms with E-state index in [-0.39, 0.29) is 12.0 Å². The Morgan fingerprint density at radius 2 is 1.84 bits per heavy atom. The van der Waals surface area contributed by atoms with Gasteiger partial charge in [0.1, 0.15) is 11.4 Å². The Labute approximate surface area is 114 Å². The Morgan fingerprint density at radius 1 is 1.26 bits per heavy atom. The smallest absolute Gasteiger partial charge is 0.332 e. The Kier molecular flexibility index (Phi) is 5.36. The summed E-state index contributed by atoms with van der Waals surface area (Å²) in [5.74, 6) is -0.337. The molecule has 0 aromatic heterocycles. The van der Waals surface area contributed by atoms with Crippen LogP contribution < -0.4 is 4.74 Å². The van der Waals surface area contributed by atoms with Crippen molar-refractivity contribution in [3.8, 4) is 5.75 Å². The van der Waals surface area contributed by atoms with Crippen molar-refractivity contribution in [1.82, 2.24) is 0 Å². The predicted octanol–water partition coefficient (Wildman–Crippen LogP) is 2.63. The van der Waals surface area contributed by atoms with Crippen LogP contribution in [0, 0.1) is 0 Å². The summed E-state index contributed by atoms with van der Waals surface area (Å²) in [6.45, 7) is 5.98. The van der Waals surface area contributed by atoms with Gasteiger partial charge in [-0.25, -0.2) is 4.79 Å². The molecule has 0 saturated heterocycles. The van der Waals surface area contributed by atoms with Gasteiger partial charge in [-0.05, 0) is 57.7 Å². The molecular weight excluding hydrogens is 244 g/mol. The van der Waals surface area contributed by atoms with E-state index in [9.17, 15) is 4.79 Å². The minimum Gasteiger partial charge on any atom is -0.488 e. The van der Waals surface area contributed by atoms with E-state index in [1.165, 1.54) is 0 Å². The first kappa shape index (κ1) is 15.5. The van der Waals surface area contributed by atoms with E-state index in [4.69, 9.17) is 14.9 Å². The molecular formula is C15H22O4. The van der Waals surface area contributed by atoms with Gasteiger partial charge in [0.25, 0.3) is 0 Å². The minimum atomic E-state index is -1.26. The number of hydrogen-bond acceptors (Lipinski definition) is 3. The van der Waals surface area contributed by atoms with Crippen molar-refractivity contribution in [2.45, 2.75) is 51.7 Å². The lowest BCUT2D eigenvalue weighted by atomic mass is 10.1. The molecule has 106 valence electrons. The second-order valence-corrected chi connectivity index (χ2v) is 5.60. The second-order valence-electron chi connectivity index (χ2n) is 5.60. The van der Waals surface area contributed by atoms with E-state index in [0.717, 1.165) is 17.7 Å². The third-order valence-corrected chi connectivity index (χ3v) is 2.58. The van der Waals surface area contributed by atoms with Crippen molar-refractivity contribution >= 4 is 5.97 Å². The van der Waals surface area contributed by atoms with Crippen LogP contribution in [-0.2, 0) is 11.2 Å². The summed E-state index contributed by atoms with van der Waals surface area (Å²) in [5.41, 5.74) is 0.895. The van der Waals surface area contributed by atoms with Gasteiger partial charge in [-0.1, -0.05) is 12.1 Å². The third-order valence-electron chi connectivity index (χ3n) is 2.58. The van der Waals surface area contributed by atoms with Gasteiger partial charge in [0, 0.05) is 0 Å².